The van der Waals surface area contributed by atoms with Crippen LogP contribution in [0.3, 0.4) is 0 Å². The Hall–Kier alpha value is -2.23. The van der Waals surface area contributed by atoms with Gasteiger partial charge in [-0.25, -0.2) is 8.42 Å². The molecule has 172 valence electrons. The number of amides is 1. The Balaban J connectivity index is 1.55. The number of thiophene rings is 1. The Bertz CT molecular complexity index is 1080. The van der Waals surface area contributed by atoms with Gasteiger partial charge in [0.2, 0.25) is 5.91 Å². The third-order valence-corrected chi connectivity index (χ3v) is 8.68. The van der Waals surface area contributed by atoms with Gasteiger partial charge in [-0.3, -0.25) is 19.4 Å². The number of amidine groups is 1. The number of carbonyl (C=O) groups excluding carboxylic acids is 1. The van der Waals surface area contributed by atoms with E-state index < -0.39 is 16.1 Å². The minimum absolute atomic E-state index is 0.0354. The van der Waals surface area contributed by atoms with Crippen LogP contribution in [0, 0.1) is 5.92 Å². The molecule has 0 aliphatic carbocycles. The molecule has 2 aromatic rings. The van der Waals surface area contributed by atoms with Crippen molar-refractivity contribution in [1.29, 1.82) is 0 Å². The van der Waals surface area contributed by atoms with Crippen LogP contribution in [0.2, 0.25) is 0 Å². The van der Waals surface area contributed by atoms with E-state index in [-0.39, 0.29) is 28.6 Å². The predicted octanol–water partition coefficient (Wildman–Crippen LogP) is 3.15. The summed E-state index contributed by atoms with van der Waals surface area (Å²) in [6, 6.07) is 10.4. The molecule has 3 heterocycles. The van der Waals surface area contributed by atoms with Crippen molar-refractivity contribution in [3.63, 3.8) is 0 Å². The second-order valence-corrected chi connectivity index (χ2v) is 11.1. The van der Waals surface area contributed by atoms with Gasteiger partial charge in [0.1, 0.15) is 11.9 Å². The molecule has 1 fully saturated rings. The van der Waals surface area contributed by atoms with Crippen LogP contribution < -0.4 is 10.0 Å². The molecule has 9 heteroatoms. The van der Waals surface area contributed by atoms with Gasteiger partial charge in [0.15, 0.2) is 0 Å². The number of sulfonamides is 1. The molecular weight excluding hydrogens is 444 g/mol. The van der Waals surface area contributed by atoms with Crippen LogP contribution in [-0.4, -0.2) is 50.7 Å². The van der Waals surface area contributed by atoms with Crippen LogP contribution in [0.25, 0.3) is 0 Å². The van der Waals surface area contributed by atoms with E-state index in [2.05, 4.69) is 31.4 Å². The number of likely N-dealkylation sites (tertiary alicyclic amines) is 1. The van der Waals surface area contributed by atoms with E-state index in [0.29, 0.717) is 12.1 Å². The Labute approximate surface area is 194 Å². The molecule has 0 saturated carbocycles. The molecule has 7 nitrogen and oxygen atoms in total. The van der Waals surface area contributed by atoms with Crippen LogP contribution in [0.5, 0.6) is 0 Å². The van der Waals surface area contributed by atoms with Crippen molar-refractivity contribution >= 4 is 33.1 Å². The summed E-state index contributed by atoms with van der Waals surface area (Å²) in [5.74, 6) is 0.0401. The number of rotatable bonds is 8. The Morgan fingerprint density at radius 1 is 1.22 bits per heavy atom. The van der Waals surface area contributed by atoms with Crippen LogP contribution in [0.4, 0.5) is 0 Å². The number of fused-ring (bicyclic) bond motifs is 1. The molecule has 1 saturated heterocycles. The largest absolute Gasteiger partial charge is 0.352 e. The van der Waals surface area contributed by atoms with Gasteiger partial charge in [-0.2, -0.15) is 0 Å². The van der Waals surface area contributed by atoms with Crippen LogP contribution in [0.1, 0.15) is 49.6 Å². The van der Waals surface area contributed by atoms with Gasteiger partial charge < -0.3 is 5.32 Å². The normalized spacial score (nSPS) is 21.6. The summed E-state index contributed by atoms with van der Waals surface area (Å²) >= 11 is 1.71. The van der Waals surface area contributed by atoms with Crippen molar-refractivity contribution in [2.45, 2.75) is 50.1 Å². The molecule has 1 aromatic carbocycles. The average Bonchev–Trinajstić information content (AvgIpc) is 3.54. The van der Waals surface area contributed by atoms with E-state index in [1.54, 1.807) is 35.6 Å². The summed E-state index contributed by atoms with van der Waals surface area (Å²) in [7, 11) is -3.64. The van der Waals surface area contributed by atoms with Gasteiger partial charge in [0.25, 0.3) is 10.0 Å². The van der Waals surface area contributed by atoms with Crippen molar-refractivity contribution < 1.29 is 13.2 Å². The fourth-order valence-corrected chi connectivity index (χ4v) is 6.38. The first-order chi connectivity index (χ1) is 15.4. The van der Waals surface area contributed by atoms with E-state index in [1.165, 1.54) is 17.7 Å². The minimum atomic E-state index is -3.64. The molecule has 1 unspecified atom stereocenters. The Kier molecular flexibility index (Phi) is 6.97. The zero-order valence-electron chi connectivity index (χ0n) is 18.5. The van der Waals surface area contributed by atoms with E-state index in [9.17, 15) is 13.2 Å². The molecular formula is C23H30N4O3S2. The summed E-state index contributed by atoms with van der Waals surface area (Å²) < 4.78 is 27.4. The van der Waals surface area contributed by atoms with Crippen molar-refractivity contribution in [3.8, 4) is 0 Å². The highest BCUT2D eigenvalue weighted by Crippen LogP contribution is 2.28. The van der Waals surface area contributed by atoms with Crippen LogP contribution >= 0.6 is 11.3 Å². The quantitative estimate of drug-likeness (QED) is 0.615. The van der Waals surface area contributed by atoms with E-state index in [4.69, 9.17) is 0 Å². The molecule has 3 atom stereocenters. The van der Waals surface area contributed by atoms with E-state index >= 15 is 0 Å². The fraction of sp³-hybridized carbons (Fsp3) is 0.478. The van der Waals surface area contributed by atoms with Gasteiger partial charge in [0, 0.05) is 17.0 Å². The molecule has 4 rings (SSSR count). The first kappa shape index (κ1) is 22.9. The fourth-order valence-electron chi connectivity index (χ4n) is 4.28. The number of carbonyl (C=O) groups is 1. The van der Waals surface area contributed by atoms with Crippen molar-refractivity contribution in [1.82, 2.24) is 14.9 Å². The SMILES string of the molecule is CC[C@H](C)[C@H](N=C1NS(=O)(=O)c2ccccc21)C(=O)NCC(c1cccs1)N1CCCC1. The van der Waals surface area contributed by atoms with Crippen molar-refractivity contribution in [2.24, 2.45) is 10.9 Å². The first-order valence-corrected chi connectivity index (χ1v) is 13.5. The third-order valence-electron chi connectivity index (χ3n) is 6.31. The Morgan fingerprint density at radius 3 is 2.66 bits per heavy atom. The molecule has 2 aliphatic heterocycles. The van der Waals surface area contributed by atoms with Gasteiger partial charge in [0.05, 0.1) is 10.9 Å². The summed E-state index contributed by atoms with van der Waals surface area (Å²) in [5, 5.41) is 5.19. The smallest absolute Gasteiger partial charge is 0.263 e. The number of benzene rings is 1. The monoisotopic (exact) mass is 474 g/mol. The molecule has 32 heavy (non-hydrogen) atoms. The lowest BCUT2D eigenvalue weighted by molar-refractivity contribution is -0.123. The highest BCUT2D eigenvalue weighted by molar-refractivity contribution is 7.90. The lowest BCUT2D eigenvalue weighted by atomic mass is 9.98. The summed E-state index contributed by atoms with van der Waals surface area (Å²) in [6.07, 6.45) is 3.11. The lowest BCUT2D eigenvalue weighted by Gasteiger charge is -2.28. The molecule has 0 radical (unpaired) electrons. The number of nitrogens with zero attached hydrogens (tertiary/aromatic N) is 2. The number of hydrogen-bond acceptors (Lipinski definition) is 6. The maximum Gasteiger partial charge on any atom is 0.263 e. The van der Waals surface area contributed by atoms with Gasteiger partial charge in [-0.05, 0) is 55.4 Å². The third kappa shape index (κ3) is 4.74. The van der Waals surface area contributed by atoms with Crippen LogP contribution in [0.15, 0.2) is 51.7 Å². The minimum Gasteiger partial charge on any atom is -0.352 e. The average molecular weight is 475 g/mol. The second-order valence-electron chi connectivity index (χ2n) is 8.43. The molecule has 2 N–H and O–H groups in total. The maximum atomic E-state index is 13.3. The Morgan fingerprint density at radius 2 is 1.97 bits per heavy atom. The van der Waals surface area contributed by atoms with Crippen molar-refractivity contribution in [2.75, 3.05) is 19.6 Å². The number of hydrogen-bond donors (Lipinski definition) is 2. The zero-order valence-corrected chi connectivity index (χ0v) is 20.1. The summed E-state index contributed by atoms with van der Waals surface area (Å²) in [4.78, 5) is 21.8. The molecule has 1 amide bonds. The molecule has 2 aliphatic rings. The summed E-state index contributed by atoms with van der Waals surface area (Å²) in [5.41, 5.74) is 0.516. The van der Waals surface area contributed by atoms with Crippen LogP contribution in [-0.2, 0) is 14.8 Å². The highest BCUT2D eigenvalue weighted by atomic mass is 32.2. The number of nitrogens with one attached hydrogen (secondary N) is 2. The first-order valence-electron chi connectivity index (χ1n) is 11.2. The van der Waals surface area contributed by atoms with Crippen molar-refractivity contribution in [3.05, 3.63) is 52.2 Å². The maximum absolute atomic E-state index is 13.3. The highest BCUT2D eigenvalue weighted by Gasteiger charge is 2.33. The lowest BCUT2D eigenvalue weighted by Crippen LogP contribution is -2.43. The summed E-state index contributed by atoms with van der Waals surface area (Å²) in [6.45, 7) is 6.57. The second kappa shape index (κ2) is 9.72. The topological polar surface area (TPSA) is 90.9 Å². The van der Waals surface area contributed by atoms with Gasteiger partial charge in [-0.1, -0.05) is 38.5 Å². The molecule has 0 spiro atoms. The molecule has 0 bridgehead atoms. The standard InChI is InChI=1S/C23H30N4O3S2/c1-3-16(2)21(25-22-17-9-4-5-11-20(17)32(29,30)26-22)23(28)24-15-18(19-10-8-14-31-19)27-12-6-7-13-27/h4-5,8-11,14,16,18,21H,3,6-7,12-13,15H2,1-2H3,(H,24,28)(H,25,26)/t16-,18?,21-/m0/s1. The van der Waals surface area contributed by atoms with Gasteiger partial charge in [-0.15, -0.1) is 11.3 Å². The molecule has 1 aromatic heterocycles. The predicted molar refractivity (Wildman–Crippen MR) is 127 cm³/mol. The van der Waals surface area contributed by atoms with E-state index in [1.807, 2.05) is 19.9 Å². The van der Waals surface area contributed by atoms with E-state index in [0.717, 1.165) is 19.5 Å². The van der Waals surface area contributed by atoms with Gasteiger partial charge >= 0.3 is 0 Å². The zero-order chi connectivity index (χ0) is 22.7. The number of aliphatic imine (C=N–C) groups is 1.